The molecule has 0 fully saturated rings. The smallest absolute Gasteiger partial charge is 0.356 e. The first-order valence-corrected chi connectivity index (χ1v) is 6.50. The molecule has 0 unspecified atom stereocenters. The molecule has 0 saturated heterocycles. The zero-order valence-corrected chi connectivity index (χ0v) is 11.9. The van der Waals surface area contributed by atoms with Crippen molar-refractivity contribution in [2.45, 2.75) is 6.54 Å². The number of imidazole rings is 1. The first-order chi connectivity index (χ1) is 9.56. The third-order valence-corrected chi connectivity index (χ3v) is 2.94. The fourth-order valence-corrected chi connectivity index (χ4v) is 1.73. The average molecular weight is 339 g/mol. The Balaban J connectivity index is 1.84. The number of hydrogen-bond donors (Lipinski definition) is 2. The lowest BCUT2D eigenvalue weighted by Gasteiger charge is -2.05. The Kier molecular flexibility index (Phi) is 4.46. The maximum atomic E-state index is 11.8. The molecule has 2 heterocycles. The molecule has 0 aromatic carbocycles. The lowest BCUT2D eigenvalue weighted by molar-refractivity contribution is 0.0690. The first-order valence-electron chi connectivity index (χ1n) is 5.71. The van der Waals surface area contributed by atoms with Crippen molar-refractivity contribution >= 4 is 27.8 Å². The summed E-state index contributed by atoms with van der Waals surface area (Å²) in [7, 11) is 0. The molecule has 2 N–H and O–H groups in total. The van der Waals surface area contributed by atoms with Crippen LogP contribution in [0.25, 0.3) is 0 Å². The topological polar surface area (TPSA) is 97.1 Å². The van der Waals surface area contributed by atoms with Gasteiger partial charge in [-0.3, -0.25) is 4.79 Å². The summed E-state index contributed by atoms with van der Waals surface area (Å²) in [5, 5.41) is 11.4. The highest BCUT2D eigenvalue weighted by molar-refractivity contribution is 9.10. The van der Waals surface area contributed by atoms with Crippen LogP contribution in [-0.2, 0) is 6.54 Å². The van der Waals surface area contributed by atoms with Gasteiger partial charge in [0.25, 0.3) is 5.91 Å². The summed E-state index contributed by atoms with van der Waals surface area (Å²) in [6, 6.07) is 3.34. The fraction of sp³-hybridized carbons (Fsp3) is 0.167. The van der Waals surface area contributed by atoms with E-state index >= 15 is 0 Å². The van der Waals surface area contributed by atoms with Crippen molar-refractivity contribution in [3.63, 3.8) is 0 Å². The minimum absolute atomic E-state index is 0.0223. The number of carboxylic acid groups (broad SMARTS) is 1. The van der Waals surface area contributed by atoms with E-state index in [0.29, 0.717) is 18.8 Å². The van der Waals surface area contributed by atoms with Gasteiger partial charge in [0, 0.05) is 30.0 Å². The molecule has 0 radical (unpaired) electrons. The van der Waals surface area contributed by atoms with Crippen LogP contribution < -0.4 is 5.32 Å². The molecule has 0 spiro atoms. The molecule has 1 amide bonds. The van der Waals surface area contributed by atoms with E-state index in [1.165, 1.54) is 12.5 Å². The van der Waals surface area contributed by atoms with Crippen LogP contribution in [0.15, 0.2) is 35.3 Å². The van der Waals surface area contributed by atoms with E-state index in [1.807, 2.05) is 0 Å². The van der Waals surface area contributed by atoms with Gasteiger partial charge in [0.1, 0.15) is 5.69 Å². The van der Waals surface area contributed by atoms with Gasteiger partial charge in [0.15, 0.2) is 5.69 Å². The minimum Gasteiger partial charge on any atom is -0.476 e. The van der Waals surface area contributed by atoms with Crippen LogP contribution in [0.5, 0.6) is 0 Å². The molecule has 0 aliphatic carbocycles. The van der Waals surface area contributed by atoms with Crippen LogP contribution in [0.2, 0.25) is 0 Å². The molecule has 0 aliphatic heterocycles. The van der Waals surface area contributed by atoms with Crippen LogP contribution in [0, 0.1) is 0 Å². The van der Waals surface area contributed by atoms with Gasteiger partial charge in [-0.05, 0) is 28.1 Å². The number of halogens is 1. The van der Waals surface area contributed by atoms with Crippen molar-refractivity contribution in [1.29, 1.82) is 0 Å². The monoisotopic (exact) mass is 338 g/mol. The van der Waals surface area contributed by atoms with Crippen molar-refractivity contribution < 1.29 is 14.7 Å². The molecule has 2 rings (SSSR count). The molecule has 2 aromatic heterocycles. The number of hydrogen-bond acceptors (Lipinski definition) is 4. The summed E-state index contributed by atoms with van der Waals surface area (Å²) >= 11 is 3.24. The number of carbonyl (C=O) groups is 2. The molecule has 0 saturated carbocycles. The Morgan fingerprint density at radius 1 is 1.30 bits per heavy atom. The average Bonchev–Trinajstić information content (AvgIpc) is 2.88. The fourth-order valence-electron chi connectivity index (χ4n) is 1.49. The number of aromatic carboxylic acids is 1. The second-order valence-electron chi connectivity index (χ2n) is 3.92. The van der Waals surface area contributed by atoms with Crippen molar-refractivity contribution in [2.24, 2.45) is 0 Å². The number of amides is 1. The highest BCUT2D eigenvalue weighted by atomic mass is 79.9. The molecule has 7 nitrogen and oxygen atoms in total. The Bertz CT molecular complexity index is 624. The minimum atomic E-state index is -1.08. The van der Waals surface area contributed by atoms with Gasteiger partial charge in [-0.1, -0.05) is 0 Å². The van der Waals surface area contributed by atoms with Crippen molar-refractivity contribution in [1.82, 2.24) is 19.9 Å². The summed E-state index contributed by atoms with van der Waals surface area (Å²) in [4.78, 5) is 30.1. The van der Waals surface area contributed by atoms with Gasteiger partial charge in [-0.15, -0.1) is 0 Å². The van der Waals surface area contributed by atoms with E-state index in [-0.39, 0.29) is 11.6 Å². The van der Waals surface area contributed by atoms with Crippen LogP contribution in [0.1, 0.15) is 21.0 Å². The Morgan fingerprint density at radius 2 is 2.10 bits per heavy atom. The number of nitrogens with zero attached hydrogens (tertiary/aromatic N) is 3. The zero-order valence-electron chi connectivity index (χ0n) is 10.3. The standard InChI is InChI=1S/C12H11BrN4O3/c13-8-1-2-9(15-5-8)11(18)14-3-4-17-6-10(12(19)20)16-7-17/h1-2,5-7H,3-4H2,(H,14,18)(H,19,20). The zero-order chi connectivity index (χ0) is 14.5. The van der Waals surface area contributed by atoms with Crippen molar-refractivity contribution in [3.05, 3.63) is 46.7 Å². The summed E-state index contributed by atoms with van der Waals surface area (Å²) in [6.45, 7) is 0.786. The van der Waals surface area contributed by atoms with E-state index in [2.05, 4.69) is 31.2 Å². The molecule has 0 atom stereocenters. The molecular formula is C12H11BrN4O3. The maximum Gasteiger partial charge on any atom is 0.356 e. The Labute approximate surface area is 122 Å². The largest absolute Gasteiger partial charge is 0.476 e. The molecule has 20 heavy (non-hydrogen) atoms. The van der Waals surface area contributed by atoms with Gasteiger partial charge in [0.2, 0.25) is 0 Å². The Morgan fingerprint density at radius 3 is 2.70 bits per heavy atom. The lowest BCUT2D eigenvalue weighted by Crippen LogP contribution is -2.27. The number of aromatic nitrogens is 3. The number of rotatable bonds is 5. The molecule has 0 bridgehead atoms. The summed E-state index contributed by atoms with van der Waals surface area (Å²) in [5.41, 5.74) is 0.302. The van der Waals surface area contributed by atoms with Gasteiger partial charge in [-0.25, -0.2) is 14.8 Å². The summed E-state index contributed by atoms with van der Waals surface area (Å²) < 4.78 is 2.40. The quantitative estimate of drug-likeness (QED) is 0.852. The van der Waals surface area contributed by atoms with E-state index in [4.69, 9.17) is 5.11 Å². The Hall–Kier alpha value is -2.22. The number of carbonyl (C=O) groups excluding carboxylic acids is 1. The molecular weight excluding hydrogens is 328 g/mol. The van der Waals surface area contributed by atoms with Gasteiger partial charge in [-0.2, -0.15) is 0 Å². The lowest BCUT2D eigenvalue weighted by atomic mass is 10.3. The van der Waals surface area contributed by atoms with E-state index in [9.17, 15) is 9.59 Å². The molecule has 104 valence electrons. The number of carboxylic acids is 1. The molecule has 2 aromatic rings. The van der Waals surface area contributed by atoms with Crippen LogP contribution in [0.4, 0.5) is 0 Å². The number of pyridine rings is 1. The maximum absolute atomic E-state index is 11.8. The SMILES string of the molecule is O=C(O)c1cn(CCNC(=O)c2ccc(Br)cn2)cn1. The highest BCUT2D eigenvalue weighted by Gasteiger charge is 2.08. The van der Waals surface area contributed by atoms with Crippen molar-refractivity contribution in [2.75, 3.05) is 6.54 Å². The first kappa shape index (κ1) is 14.2. The highest BCUT2D eigenvalue weighted by Crippen LogP contribution is 2.07. The van der Waals surface area contributed by atoms with Gasteiger partial charge in [0.05, 0.1) is 6.33 Å². The van der Waals surface area contributed by atoms with Crippen LogP contribution in [-0.4, -0.2) is 38.1 Å². The van der Waals surface area contributed by atoms with Gasteiger partial charge < -0.3 is 15.0 Å². The summed E-state index contributed by atoms with van der Waals surface area (Å²) in [5.74, 6) is -1.36. The predicted octanol–water partition coefficient (Wildman–Crippen LogP) is 1.17. The molecule has 0 aliphatic rings. The molecule has 8 heteroatoms. The normalized spacial score (nSPS) is 10.2. The second-order valence-corrected chi connectivity index (χ2v) is 4.84. The van der Waals surface area contributed by atoms with Gasteiger partial charge >= 0.3 is 5.97 Å². The van der Waals surface area contributed by atoms with Crippen molar-refractivity contribution in [3.8, 4) is 0 Å². The number of nitrogens with one attached hydrogen (secondary N) is 1. The van der Waals surface area contributed by atoms with E-state index < -0.39 is 5.97 Å². The summed E-state index contributed by atoms with van der Waals surface area (Å²) in [6.07, 6.45) is 4.36. The third kappa shape index (κ3) is 3.64. The van der Waals surface area contributed by atoms with Crippen LogP contribution in [0.3, 0.4) is 0 Å². The third-order valence-electron chi connectivity index (χ3n) is 2.47. The predicted molar refractivity (Wildman–Crippen MR) is 73.5 cm³/mol. The van der Waals surface area contributed by atoms with Crippen LogP contribution >= 0.6 is 15.9 Å². The van der Waals surface area contributed by atoms with E-state index in [1.54, 1.807) is 22.9 Å². The van der Waals surface area contributed by atoms with E-state index in [0.717, 1.165) is 4.47 Å². The second kappa shape index (κ2) is 6.29.